The van der Waals surface area contributed by atoms with Gasteiger partial charge in [-0.05, 0) is 31.2 Å². The summed E-state index contributed by atoms with van der Waals surface area (Å²) in [5, 5.41) is 0. The monoisotopic (exact) mass is 254 g/mol. The van der Waals surface area contributed by atoms with Crippen LogP contribution >= 0.6 is 0 Å². The molecule has 0 heterocycles. The highest BCUT2D eigenvalue weighted by atomic mass is 19.1. The fourth-order valence-electron chi connectivity index (χ4n) is 1.09. The molecule has 0 bridgehead atoms. The summed E-state index contributed by atoms with van der Waals surface area (Å²) in [5.41, 5.74) is 4.46. The van der Waals surface area contributed by atoms with Crippen LogP contribution < -0.4 is 15.6 Å². The fraction of sp³-hybridized carbons (Fsp3) is 0.333. The number of hydrogen-bond acceptors (Lipinski definition) is 3. The van der Waals surface area contributed by atoms with Gasteiger partial charge in [-0.25, -0.2) is 4.39 Å². The molecule has 1 atom stereocenters. The van der Waals surface area contributed by atoms with E-state index in [0.717, 1.165) is 0 Å². The molecule has 0 aliphatic heterocycles. The number of rotatable bonds is 4. The van der Waals surface area contributed by atoms with E-state index in [1.54, 1.807) is 6.92 Å². The first-order chi connectivity index (χ1) is 8.52. The van der Waals surface area contributed by atoms with Gasteiger partial charge in [-0.15, -0.1) is 0 Å². The average molecular weight is 254 g/mol. The first-order valence-electron chi connectivity index (χ1n) is 5.54. The lowest BCUT2D eigenvalue weighted by atomic mass is 10.3. The zero-order chi connectivity index (χ0) is 13.5. The van der Waals surface area contributed by atoms with Crippen LogP contribution in [0.25, 0.3) is 0 Å². The Kier molecular flexibility index (Phi) is 5.10. The molecule has 2 amide bonds. The van der Waals surface area contributed by atoms with Crippen LogP contribution in [-0.4, -0.2) is 17.9 Å². The van der Waals surface area contributed by atoms with E-state index in [4.69, 9.17) is 4.74 Å². The van der Waals surface area contributed by atoms with Gasteiger partial charge in [0.05, 0.1) is 0 Å². The quantitative estimate of drug-likeness (QED) is 0.792. The second-order valence-electron chi connectivity index (χ2n) is 3.60. The van der Waals surface area contributed by atoms with E-state index in [1.165, 1.54) is 31.2 Å². The van der Waals surface area contributed by atoms with Crippen molar-refractivity contribution >= 4 is 11.8 Å². The maximum atomic E-state index is 12.6. The maximum absolute atomic E-state index is 12.6. The molecule has 0 aliphatic carbocycles. The molecule has 18 heavy (non-hydrogen) atoms. The number of carbonyl (C=O) groups excluding carboxylic acids is 2. The van der Waals surface area contributed by atoms with Crippen molar-refractivity contribution in [3.8, 4) is 5.75 Å². The average Bonchev–Trinajstić information content (AvgIpc) is 2.38. The number of carbonyl (C=O) groups is 2. The van der Waals surface area contributed by atoms with Crippen LogP contribution in [0.2, 0.25) is 0 Å². The highest BCUT2D eigenvalue weighted by Crippen LogP contribution is 2.12. The number of halogens is 1. The Hall–Kier alpha value is -2.11. The minimum Gasteiger partial charge on any atom is -0.481 e. The topological polar surface area (TPSA) is 67.4 Å². The molecule has 2 N–H and O–H groups in total. The van der Waals surface area contributed by atoms with E-state index in [0.29, 0.717) is 5.75 Å². The summed E-state index contributed by atoms with van der Waals surface area (Å²) in [7, 11) is 0. The number of hydrazine groups is 1. The van der Waals surface area contributed by atoms with Gasteiger partial charge in [0, 0.05) is 6.42 Å². The van der Waals surface area contributed by atoms with E-state index >= 15 is 0 Å². The Balaban J connectivity index is 2.44. The van der Waals surface area contributed by atoms with E-state index < -0.39 is 12.0 Å². The van der Waals surface area contributed by atoms with Crippen LogP contribution in [0.3, 0.4) is 0 Å². The molecule has 0 radical (unpaired) electrons. The Morgan fingerprint density at radius 2 is 1.89 bits per heavy atom. The molecule has 1 aromatic rings. The molecular weight excluding hydrogens is 239 g/mol. The van der Waals surface area contributed by atoms with Crippen molar-refractivity contribution in [2.24, 2.45) is 0 Å². The van der Waals surface area contributed by atoms with Crippen molar-refractivity contribution in [2.45, 2.75) is 26.4 Å². The van der Waals surface area contributed by atoms with E-state index in [9.17, 15) is 14.0 Å². The minimum absolute atomic E-state index is 0.271. The summed E-state index contributed by atoms with van der Waals surface area (Å²) in [6, 6.07) is 5.31. The van der Waals surface area contributed by atoms with Gasteiger partial charge < -0.3 is 4.74 Å². The number of hydrogen-bond donors (Lipinski definition) is 2. The van der Waals surface area contributed by atoms with E-state index in [2.05, 4.69) is 10.9 Å². The predicted octanol–water partition coefficient (Wildman–Crippen LogP) is 1.15. The van der Waals surface area contributed by atoms with Crippen molar-refractivity contribution in [3.63, 3.8) is 0 Å². The minimum atomic E-state index is -0.799. The number of nitrogens with one attached hydrogen (secondary N) is 2. The Morgan fingerprint density at radius 1 is 1.28 bits per heavy atom. The lowest BCUT2D eigenvalue weighted by Gasteiger charge is -2.14. The summed E-state index contributed by atoms with van der Waals surface area (Å²) in [4.78, 5) is 22.4. The summed E-state index contributed by atoms with van der Waals surface area (Å²) in [6.07, 6.45) is -0.527. The van der Waals surface area contributed by atoms with Crippen LogP contribution in [0.5, 0.6) is 5.75 Å². The zero-order valence-electron chi connectivity index (χ0n) is 10.2. The third-order valence-corrected chi connectivity index (χ3v) is 2.14. The molecule has 0 aliphatic rings. The summed E-state index contributed by atoms with van der Waals surface area (Å²) in [6.45, 7) is 3.19. The molecule has 0 fully saturated rings. The lowest BCUT2D eigenvalue weighted by Crippen LogP contribution is -2.46. The van der Waals surface area contributed by atoms with E-state index in [-0.39, 0.29) is 18.1 Å². The summed E-state index contributed by atoms with van der Waals surface area (Å²) >= 11 is 0. The molecule has 0 saturated carbocycles. The highest BCUT2D eigenvalue weighted by Gasteiger charge is 2.14. The molecule has 0 spiro atoms. The van der Waals surface area contributed by atoms with Crippen LogP contribution in [0, 0.1) is 5.82 Å². The van der Waals surface area contributed by atoms with Crippen molar-refractivity contribution in [2.75, 3.05) is 0 Å². The van der Waals surface area contributed by atoms with Crippen molar-refractivity contribution in [3.05, 3.63) is 30.1 Å². The van der Waals surface area contributed by atoms with Gasteiger partial charge in [-0.3, -0.25) is 20.4 Å². The predicted molar refractivity (Wildman–Crippen MR) is 63.1 cm³/mol. The maximum Gasteiger partial charge on any atom is 0.279 e. The van der Waals surface area contributed by atoms with Gasteiger partial charge in [0.1, 0.15) is 11.6 Å². The smallest absolute Gasteiger partial charge is 0.279 e. The molecule has 0 aromatic heterocycles. The van der Waals surface area contributed by atoms with Crippen LogP contribution in [-0.2, 0) is 9.59 Å². The number of benzene rings is 1. The normalized spacial score (nSPS) is 11.5. The summed E-state index contributed by atoms with van der Waals surface area (Å²) in [5.74, 6) is -0.783. The molecule has 5 nitrogen and oxygen atoms in total. The Morgan fingerprint density at radius 3 is 2.44 bits per heavy atom. The summed E-state index contributed by atoms with van der Waals surface area (Å²) < 4.78 is 17.9. The SMILES string of the molecule is CCC(=O)NNC(=O)[C@H](C)Oc1ccc(F)cc1. The van der Waals surface area contributed by atoms with Gasteiger partial charge in [0.2, 0.25) is 5.91 Å². The fourth-order valence-corrected chi connectivity index (χ4v) is 1.09. The Bertz CT molecular complexity index is 420. The third kappa shape index (κ3) is 4.40. The standard InChI is InChI=1S/C12H15FN2O3/c1-3-11(16)14-15-12(17)8(2)18-10-6-4-9(13)5-7-10/h4-8H,3H2,1-2H3,(H,14,16)(H,15,17)/t8-/m0/s1. The van der Waals surface area contributed by atoms with Gasteiger partial charge in [0.15, 0.2) is 6.10 Å². The molecular formula is C12H15FN2O3. The number of amides is 2. The second kappa shape index (κ2) is 6.58. The molecule has 1 aromatic carbocycles. The van der Waals surface area contributed by atoms with Gasteiger partial charge in [-0.2, -0.15) is 0 Å². The van der Waals surface area contributed by atoms with Crippen molar-refractivity contribution in [1.29, 1.82) is 0 Å². The van der Waals surface area contributed by atoms with Crippen LogP contribution in [0.15, 0.2) is 24.3 Å². The second-order valence-corrected chi connectivity index (χ2v) is 3.60. The first-order valence-corrected chi connectivity index (χ1v) is 5.54. The van der Waals surface area contributed by atoms with Crippen LogP contribution in [0.1, 0.15) is 20.3 Å². The largest absolute Gasteiger partial charge is 0.481 e. The molecule has 0 unspecified atom stereocenters. The van der Waals surface area contributed by atoms with Gasteiger partial charge in [0.25, 0.3) is 5.91 Å². The molecule has 0 saturated heterocycles. The highest BCUT2D eigenvalue weighted by molar-refractivity contribution is 5.84. The van der Waals surface area contributed by atoms with Crippen LogP contribution in [0.4, 0.5) is 4.39 Å². The Labute approximate surface area is 104 Å². The van der Waals surface area contributed by atoms with Crippen molar-refractivity contribution < 1.29 is 18.7 Å². The van der Waals surface area contributed by atoms with Gasteiger partial charge >= 0.3 is 0 Å². The van der Waals surface area contributed by atoms with Gasteiger partial charge in [-0.1, -0.05) is 6.92 Å². The third-order valence-electron chi connectivity index (χ3n) is 2.14. The molecule has 1 rings (SSSR count). The molecule has 98 valence electrons. The lowest BCUT2D eigenvalue weighted by molar-refractivity contribution is -0.132. The first kappa shape index (κ1) is 14.0. The van der Waals surface area contributed by atoms with E-state index in [1.807, 2.05) is 0 Å². The number of ether oxygens (including phenoxy) is 1. The molecule has 6 heteroatoms. The van der Waals surface area contributed by atoms with Crippen molar-refractivity contribution in [1.82, 2.24) is 10.9 Å². The zero-order valence-corrected chi connectivity index (χ0v) is 10.2.